The third-order valence-corrected chi connectivity index (χ3v) is 4.21. The number of pyridine rings is 1. The summed E-state index contributed by atoms with van der Waals surface area (Å²) in [6.07, 6.45) is 5.54. The molecule has 0 spiro atoms. The van der Waals surface area contributed by atoms with E-state index >= 15 is 0 Å². The van der Waals surface area contributed by atoms with Gasteiger partial charge in [0.15, 0.2) is 0 Å². The first-order chi connectivity index (χ1) is 9.18. The second-order valence-electron chi connectivity index (χ2n) is 5.00. The maximum Gasteiger partial charge on any atom is 0.254 e. The highest BCUT2D eigenvalue weighted by molar-refractivity contribution is 9.10. The number of nitrogens with zero attached hydrogens (tertiary/aromatic N) is 2. The SMILES string of the molecule is CC(CNC(=O)c1cccnc1Br)N1CCCCC1. The quantitative estimate of drug-likeness (QED) is 0.865. The summed E-state index contributed by atoms with van der Waals surface area (Å²) in [5, 5.41) is 2.99. The highest BCUT2D eigenvalue weighted by Crippen LogP contribution is 2.13. The molecule has 1 N–H and O–H groups in total. The van der Waals surface area contributed by atoms with Crippen molar-refractivity contribution in [2.24, 2.45) is 0 Å². The fraction of sp³-hybridized carbons (Fsp3) is 0.571. The van der Waals surface area contributed by atoms with Gasteiger partial charge in [-0.05, 0) is 60.9 Å². The van der Waals surface area contributed by atoms with Crippen LogP contribution in [0.15, 0.2) is 22.9 Å². The lowest BCUT2D eigenvalue weighted by molar-refractivity contribution is 0.0929. The van der Waals surface area contributed by atoms with Crippen LogP contribution in [0.3, 0.4) is 0 Å². The van der Waals surface area contributed by atoms with Crippen LogP contribution in [0.25, 0.3) is 0 Å². The van der Waals surface area contributed by atoms with E-state index in [2.05, 4.69) is 38.1 Å². The monoisotopic (exact) mass is 325 g/mol. The Balaban J connectivity index is 1.84. The zero-order valence-corrected chi connectivity index (χ0v) is 12.8. The maximum absolute atomic E-state index is 12.1. The Kier molecular flexibility index (Phi) is 5.34. The highest BCUT2D eigenvalue weighted by atomic mass is 79.9. The van der Waals surface area contributed by atoms with Crippen LogP contribution < -0.4 is 5.32 Å². The molecule has 1 atom stereocenters. The number of carbonyl (C=O) groups excluding carboxylic acids is 1. The van der Waals surface area contributed by atoms with Crippen molar-refractivity contribution < 1.29 is 4.79 Å². The van der Waals surface area contributed by atoms with Crippen LogP contribution >= 0.6 is 15.9 Å². The predicted molar refractivity (Wildman–Crippen MR) is 79.2 cm³/mol. The number of aromatic nitrogens is 1. The van der Waals surface area contributed by atoms with Crippen molar-refractivity contribution in [2.75, 3.05) is 19.6 Å². The van der Waals surface area contributed by atoms with Gasteiger partial charge in [-0.25, -0.2) is 4.98 Å². The number of carbonyl (C=O) groups is 1. The molecule has 1 unspecified atom stereocenters. The van der Waals surface area contributed by atoms with Crippen LogP contribution in [0.4, 0.5) is 0 Å². The van der Waals surface area contributed by atoms with E-state index in [-0.39, 0.29) is 5.91 Å². The first kappa shape index (κ1) is 14.5. The van der Waals surface area contributed by atoms with Crippen molar-refractivity contribution in [2.45, 2.75) is 32.2 Å². The minimum Gasteiger partial charge on any atom is -0.350 e. The van der Waals surface area contributed by atoms with Gasteiger partial charge in [0.05, 0.1) is 5.56 Å². The summed E-state index contributed by atoms with van der Waals surface area (Å²) in [6, 6.07) is 3.94. The molecule has 1 aliphatic rings. The molecular formula is C14H20BrN3O. The number of rotatable bonds is 4. The van der Waals surface area contributed by atoms with E-state index in [0.717, 1.165) is 13.1 Å². The van der Waals surface area contributed by atoms with Crippen LogP contribution in [0, 0.1) is 0 Å². The summed E-state index contributed by atoms with van der Waals surface area (Å²) in [4.78, 5) is 18.6. The average Bonchev–Trinajstić information content (AvgIpc) is 2.46. The molecule has 0 aliphatic carbocycles. The number of amides is 1. The van der Waals surface area contributed by atoms with Gasteiger partial charge < -0.3 is 5.32 Å². The zero-order valence-electron chi connectivity index (χ0n) is 11.2. The van der Waals surface area contributed by atoms with Crippen molar-refractivity contribution in [1.82, 2.24) is 15.2 Å². The molecule has 1 aliphatic heterocycles. The van der Waals surface area contributed by atoms with Gasteiger partial charge in [0.1, 0.15) is 4.60 Å². The van der Waals surface area contributed by atoms with Crippen molar-refractivity contribution in [3.05, 3.63) is 28.5 Å². The molecule has 1 amide bonds. The van der Waals surface area contributed by atoms with Gasteiger partial charge >= 0.3 is 0 Å². The molecule has 19 heavy (non-hydrogen) atoms. The van der Waals surface area contributed by atoms with E-state index in [1.165, 1.54) is 19.3 Å². The molecule has 0 aromatic carbocycles. The molecular weight excluding hydrogens is 306 g/mol. The molecule has 1 fully saturated rings. The topological polar surface area (TPSA) is 45.2 Å². The van der Waals surface area contributed by atoms with Crippen molar-refractivity contribution in [3.63, 3.8) is 0 Å². The Hall–Kier alpha value is -0.940. The zero-order chi connectivity index (χ0) is 13.7. The Labute approximate surface area is 122 Å². The number of likely N-dealkylation sites (tertiary alicyclic amines) is 1. The lowest BCUT2D eigenvalue weighted by Crippen LogP contribution is -2.44. The van der Waals surface area contributed by atoms with Crippen LogP contribution in [0.1, 0.15) is 36.5 Å². The summed E-state index contributed by atoms with van der Waals surface area (Å²) >= 11 is 3.30. The maximum atomic E-state index is 12.1. The van der Waals surface area contributed by atoms with Gasteiger partial charge in [-0.2, -0.15) is 0 Å². The van der Waals surface area contributed by atoms with E-state index in [4.69, 9.17) is 0 Å². The van der Waals surface area contributed by atoms with Gasteiger partial charge in [-0.3, -0.25) is 9.69 Å². The Morgan fingerprint density at radius 3 is 2.89 bits per heavy atom. The summed E-state index contributed by atoms with van der Waals surface area (Å²) < 4.78 is 0.595. The number of nitrogens with one attached hydrogen (secondary N) is 1. The van der Waals surface area contributed by atoms with E-state index in [1.54, 1.807) is 18.3 Å². The number of hydrogen-bond acceptors (Lipinski definition) is 3. The number of piperidine rings is 1. The van der Waals surface area contributed by atoms with Crippen molar-refractivity contribution >= 4 is 21.8 Å². The van der Waals surface area contributed by atoms with Crippen LogP contribution in [0.2, 0.25) is 0 Å². The molecule has 0 saturated carbocycles. The van der Waals surface area contributed by atoms with E-state index < -0.39 is 0 Å². The fourth-order valence-electron chi connectivity index (χ4n) is 2.38. The minimum atomic E-state index is -0.0659. The van der Waals surface area contributed by atoms with Crippen molar-refractivity contribution in [1.29, 1.82) is 0 Å². The summed E-state index contributed by atoms with van der Waals surface area (Å²) in [5.41, 5.74) is 0.591. The molecule has 1 aromatic rings. The largest absolute Gasteiger partial charge is 0.350 e. The molecule has 2 rings (SSSR count). The van der Waals surface area contributed by atoms with E-state index in [1.807, 2.05) is 0 Å². The molecule has 1 saturated heterocycles. The van der Waals surface area contributed by atoms with E-state index in [9.17, 15) is 4.79 Å². The Morgan fingerprint density at radius 1 is 1.47 bits per heavy atom. The predicted octanol–water partition coefficient (Wildman–Crippen LogP) is 2.45. The lowest BCUT2D eigenvalue weighted by atomic mass is 10.1. The third kappa shape index (κ3) is 4.01. The van der Waals surface area contributed by atoms with Crippen LogP contribution in [0.5, 0.6) is 0 Å². The Bertz CT molecular complexity index is 432. The number of hydrogen-bond donors (Lipinski definition) is 1. The summed E-state index contributed by atoms with van der Waals surface area (Å²) in [7, 11) is 0. The van der Waals surface area contributed by atoms with Gasteiger partial charge in [0, 0.05) is 18.8 Å². The van der Waals surface area contributed by atoms with Crippen LogP contribution in [-0.4, -0.2) is 41.5 Å². The summed E-state index contributed by atoms with van der Waals surface area (Å²) in [6.45, 7) is 5.14. The third-order valence-electron chi connectivity index (χ3n) is 3.58. The molecule has 0 bridgehead atoms. The second-order valence-corrected chi connectivity index (χ2v) is 5.75. The summed E-state index contributed by atoms with van der Waals surface area (Å²) in [5.74, 6) is -0.0659. The standard InChI is InChI=1S/C14H20BrN3O/c1-11(18-8-3-2-4-9-18)10-17-14(19)12-6-5-7-16-13(12)15/h5-7,11H,2-4,8-10H2,1H3,(H,17,19). The van der Waals surface area contributed by atoms with E-state index in [0.29, 0.717) is 22.8 Å². The normalized spacial score (nSPS) is 18.0. The van der Waals surface area contributed by atoms with Gasteiger partial charge in [-0.1, -0.05) is 6.42 Å². The smallest absolute Gasteiger partial charge is 0.254 e. The first-order valence-corrected chi connectivity index (χ1v) is 7.60. The fourth-order valence-corrected chi connectivity index (χ4v) is 2.81. The first-order valence-electron chi connectivity index (χ1n) is 6.81. The van der Waals surface area contributed by atoms with Crippen LogP contribution in [-0.2, 0) is 0 Å². The molecule has 2 heterocycles. The molecule has 0 radical (unpaired) electrons. The minimum absolute atomic E-state index is 0.0659. The second kappa shape index (κ2) is 7.01. The van der Waals surface area contributed by atoms with Gasteiger partial charge in [-0.15, -0.1) is 0 Å². The van der Waals surface area contributed by atoms with Crippen molar-refractivity contribution in [3.8, 4) is 0 Å². The lowest BCUT2D eigenvalue weighted by Gasteiger charge is -2.32. The molecule has 1 aromatic heterocycles. The number of halogens is 1. The van der Waals surface area contributed by atoms with Gasteiger partial charge in [0.25, 0.3) is 5.91 Å². The molecule has 4 nitrogen and oxygen atoms in total. The molecule has 104 valence electrons. The molecule has 5 heteroatoms. The average molecular weight is 326 g/mol. The highest BCUT2D eigenvalue weighted by Gasteiger charge is 2.18. The Morgan fingerprint density at radius 2 is 2.21 bits per heavy atom. The van der Waals surface area contributed by atoms with Gasteiger partial charge in [0.2, 0.25) is 0 Å².